The lowest BCUT2D eigenvalue weighted by molar-refractivity contribution is 0.0708. The molecule has 0 atom stereocenters. The number of benzene rings is 1. The SMILES string of the molecule is O=C(c1cc(Cl)ccc1Cl)N(CCO)Cc1cccnc1. The van der Waals surface area contributed by atoms with E-state index in [-0.39, 0.29) is 19.1 Å². The highest BCUT2D eigenvalue weighted by Crippen LogP contribution is 2.22. The van der Waals surface area contributed by atoms with E-state index in [2.05, 4.69) is 4.98 Å². The molecule has 1 amide bonds. The van der Waals surface area contributed by atoms with Crippen molar-refractivity contribution < 1.29 is 9.90 Å². The number of aromatic nitrogens is 1. The molecule has 0 saturated heterocycles. The molecule has 1 N–H and O–H groups in total. The Morgan fingerprint density at radius 2 is 2.10 bits per heavy atom. The van der Waals surface area contributed by atoms with Crippen LogP contribution in [-0.4, -0.2) is 34.0 Å². The van der Waals surface area contributed by atoms with Gasteiger partial charge in [-0.3, -0.25) is 9.78 Å². The predicted octanol–water partition coefficient (Wildman–Crippen LogP) is 3.02. The van der Waals surface area contributed by atoms with Crippen LogP contribution in [0.4, 0.5) is 0 Å². The maximum absolute atomic E-state index is 12.6. The van der Waals surface area contributed by atoms with E-state index in [1.807, 2.05) is 6.07 Å². The van der Waals surface area contributed by atoms with Crippen LogP contribution in [0.5, 0.6) is 0 Å². The highest BCUT2D eigenvalue weighted by atomic mass is 35.5. The molecule has 1 aromatic carbocycles. The van der Waals surface area contributed by atoms with Crippen molar-refractivity contribution in [3.8, 4) is 0 Å². The Hall–Kier alpha value is -1.62. The summed E-state index contributed by atoms with van der Waals surface area (Å²) in [5, 5.41) is 9.94. The second-order valence-electron chi connectivity index (χ2n) is 4.44. The summed E-state index contributed by atoms with van der Waals surface area (Å²) in [6.07, 6.45) is 3.34. The molecular weight excluding hydrogens is 311 g/mol. The van der Waals surface area contributed by atoms with E-state index >= 15 is 0 Å². The molecule has 21 heavy (non-hydrogen) atoms. The third kappa shape index (κ3) is 4.17. The Balaban J connectivity index is 2.25. The van der Waals surface area contributed by atoms with E-state index in [0.717, 1.165) is 5.56 Å². The fourth-order valence-electron chi connectivity index (χ4n) is 1.92. The topological polar surface area (TPSA) is 53.4 Å². The van der Waals surface area contributed by atoms with Crippen molar-refractivity contribution in [1.29, 1.82) is 0 Å². The second kappa shape index (κ2) is 7.41. The molecule has 0 spiro atoms. The maximum atomic E-state index is 12.6. The van der Waals surface area contributed by atoms with Gasteiger partial charge in [0.1, 0.15) is 0 Å². The van der Waals surface area contributed by atoms with Crippen LogP contribution in [0.3, 0.4) is 0 Å². The molecule has 6 heteroatoms. The zero-order valence-corrected chi connectivity index (χ0v) is 12.7. The number of carbonyl (C=O) groups excluding carboxylic acids is 1. The number of rotatable bonds is 5. The molecule has 0 aliphatic heterocycles. The molecule has 1 aromatic heterocycles. The molecule has 4 nitrogen and oxygen atoms in total. The summed E-state index contributed by atoms with van der Waals surface area (Å²) >= 11 is 12.0. The summed E-state index contributed by atoms with van der Waals surface area (Å²) in [4.78, 5) is 18.1. The quantitative estimate of drug-likeness (QED) is 0.919. The van der Waals surface area contributed by atoms with Crippen molar-refractivity contribution in [3.63, 3.8) is 0 Å². The van der Waals surface area contributed by atoms with Crippen LogP contribution < -0.4 is 0 Å². The van der Waals surface area contributed by atoms with Crippen LogP contribution in [0.2, 0.25) is 10.0 Å². The molecule has 0 bridgehead atoms. The van der Waals surface area contributed by atoms with E-state index in [9.17, 15) is 4.79 Å². The minimum absolute atomic E-state index is 0.135. The molecule has 110 valence electrons. The Bertz CT molecular complexity index is 620. The summed E-state index contributed by atoms with van der Waals surface area (Å²) in [6.45, 7) is 0.414. The fraction of sp³-hybridized carbons (Fsp3) is 0.200. The zero-order valence-electron chi connectivity index (χ0n) is 11.2. The third-order valence-corrected chi connectivity index (χ3v) is 3.48. The number of amides is 1. The molecule has 2 rings (SSSR count). The molecular formula is C15H14Cl2N2O2. The lowest BCUT2D eigenvalue weighted by Gasteiger charge is -2.22. The monoisotopic (exact) mass is 324 g/mol. The van der Waals surface area contributed by atoms with Gasteiger partial charge in [-0.2, -0.15) is 0 Å². The molecule has 0 radical (unpaired) electrons. The summed E-state index contributed by atoms with van der Waals surface area (Å²) < 4.78 is 0. The number of halogens is 2. The van der Waals surface area contributed by atoms with Crippen molar-refractivity contribution in [2.75, 3.05) is 13.2 Å². The Labute approximate surface area is 132 Å². The Morgan fingerprint density at radius 3 is 2.76 bits per heavy atom. The predicted molar refractivity (Wildman–Crippen MR) is 82.5 cm³/mol. The van der Waals surface area contributed by atoms with Crippen molar-refractivity contribution in [3.05, 3.63) is 63.9 Å². The number of aliphatic hydroxyl groups is 1. The lowest BCUT2D eigenvalue weighted by atomic mass is 10.1. The minimum Gasteiger partial charge on any atom is -0.395 e. The van der Waals surface area contributed by atoms with Gasteiger partial charge in [-0.25, -0.2) is 0 Å². The van der Waals surface area contributed by atoms with Gasteiger partial charge in [0, 0.05) is 30.5 Å². The fourth-order valence-corrected chi connectivity index (χ4v) is 2.29. The summed E-state index contributed by atoms with van der Waals surface area (Å²) in [5.41, 5.74) is 1.19. The number of pyridine rings is 1. The minimum atomic E-state index is -0.277. The van der Waals surface area contributed by atoms with Crippen LogP contribution >= 0.6 is 23.2 Å². The maximum Gasteiger partial charge on any atom is 0.255 e. The molecule has 0 aliphatic rings. The van der Waals surface area contributed by atoms with Gasteiger partial charge in [0.2, 0.25) is 0 Å². The first-order chi connectivity index (χ1) is 10.1. The summed E-state index contributed by atoms with van der Waals surface area (Å²) in [5.74, 6) is -0.277. The number of aliphatic hydroxyl groups excluding tert-OH is 1. The average molecular weight is 325 g/mol. The third-order valence-electron chi connectivity index (χ3n) is 2.91. The van der Waals surface area contributed by atoms with Crippen LogP contribution in [0, 0.1) is 0 Å². The number of nitrogens with zero attached hydrogens (tertiary/aromatic N) is 2. The normalized spacial score (nSPS) is 10.4. The highest BCUT2D eigenvalue weighted by molar-refractivity contribution is 6.35. The van der Waals surface area contributed by atoms with Crippen LogP contribution in [0.1, 0.15) is 15.9 Å². The summed E-state index contributed by atoms with van der Waals surface area (Å²) in [7, 11) is 0. The molecule has 2 aromatic rings. The molecule has 1 heterocycles. The van der Waals surface area contributed by atoms with Gasteiger partial charge in [0.25, 0.3) is 5.91 Å². The van der Waals surface area contributed by atoms with E-state index < -0.39 is 0 Å². The number of carbonyl (C=O) groups is 1. The number of hydrogen-bond acceptors (Lipinski definition) is 3. The van der Waals surface area contributed by atoms with Crippen molar-refractivity contribution in [2.45, 2.75) is 6.54 Å². The van der Waals surface area contributed by atoms with Gasteiger partial charge >= 0.3 is 0 Å². The highest BCUT2D eigenvalue weighted by Gasteiger charge is 2.19. The molecule has 0 saturated carbocycles. The van der Waals surface area contributed by atoms with Crippen LogP contribution in [0.15, 0.2) is 42.7 Å². The molecule has 0 fully saturated rings. The average Bonchev–Trinajstić information content (AvgIpc) is 2.49. The van der Waals surface area contributed by atoms with E-state index in [4.69, 9.17) is 28.3 Å². The van der Waals surface area contributed by atoms with E-state index in [0.29, 0.717) is 22.2 Å². The van der Waals surface area contributed by atoms with Gasteiger partial charge < -0.3 is 10.0 Å². The number of hydrogen-bond donors (Lipinski definition) is 1. The molecule has 0 aliphatic carbocycles. The molecule has 0 unspecified atom stereocenters. The van der Waals surface area contributed by atoms with Gasteiger partial charge in [0.15, 0.2) is 0 Å². The summed E-state index contributed by atoms with van der Waals surface area (Å²) in [6, 6.07) is 8.39. The Morgan fingerprint density at radius 1 is 1.29 bits per heavy atom. The van der Waals surface area contributed by atoms with Crippen LogP contribution in [0.25, 0.3) is 0 Å². The van der Waals surface area contributed by atoms with Crippen molar-refractivity contribution >= 4 is 29.1 Å². The Kier molecular flexibility index (Phi) is 5.56. The first kappa shape index (κ1) is 15.8. The van der Waals surface area contributed by atoms with Gasteiger partial charge in [-0.05, 0) is 29.8 Å². The van der Waals surface area contributed by atoms with Crippen molar-refractivity contribution in [1.82, 2.24) is 9.88 Å². The van der Waals surface area contributed by atoms with E-state index in [1.165, 1.54) is 11.0 Å². The largest absolute Gasteiger partial charge is 0.395 e. The first-order valence-electron chi connectivity index (χ1n) is 6.36. The van der Waals surface area contributed by atoms with Gasteiger partial charge in [-0.15, -0.1) is 0 Å². The first-order valence-corrected chi connectivity index (χ1v) is 7.11. The lowest BCUT2D eigenvalue weighted by Crippen LogP contribution is -2.33. The van der Waals surface area contributed by atoms with Crippen molar-refractivity contribution in [2.24, 2.45) is 0 Å². The van der Waals surface area contributed by atoms with Gasteiger partial charge in [0.05, 0.1) is 17.2 Å². The van der Waals surface area contributed by atoms with Crippen LogP contribution in [-0.2, 0) is 6.54 Å². The van der Waals surface area contributed by atoms with Gasteiger partial charge in [-0.1, -0.05) is 29.3 Å². The second-order valence-corrected chi connectivity index (χ2v) is 5.28. The smallest absolute Gasteiger partial charge is 0.255 e. The zero-order chi connectivity index (χ0) is 15.2. The standard InChI is InChI=1S/C15H14Cl2N2O2/c16-12-3-4-14(17)13(8-12)15(21)19(6-7-20)10-11-2-1-5-18-9-11/h1-5,8-9,20H,6-7,10H2. The van der Waals surface area contributed by atoms with E-state index in [1.54, 1.807) is 30.6 Å².